The molecule has 0 spiro atoms. The van der Waals surface area contributed by atoms with Crippen LogP contribution in [0.3, 0.4) is 0 Å². The number of halogens is 2. The molecule has 0 aromatic heterocycles. The highest BCUT2D eigenvalue weighted by Gasteiger charge is 2.08. The van der Waals surface area contributed by atoms with Crippen molar-refractivity contribution in [3.05, 3.63) is 119 Å². The van der Waals surface area contributed by atoms with Gasteiger partial charge in [0.25, 0.3) is 11.8 Å². The summed E-state index contributed by atoms with van der Waals surface area (Å²) in [5.41, 5.74) is 7.42. The van der Waals surface area contributed by atoms with Crippen LogP contribution in [0.5, 0.6) is 11.5 Å². The average Bonchev–Trinajstić information content (AvgIpc) is 2.99. The second-order valence-electron chi connectivity index (χ2n) is 8.33. The fraction of sp³-hybridized carbons (Fsp3) is 0.0667. The summed E-state index contributed by atoms with van der Waals surface area (Å²) in [5.74, 6) is -0.993. The maximum Gasteiger partial charge on any atom is 0.271 e. The number of methoxy groups -OCH3 is 2. The Balaban J connectivity index is 1.34. The van der Waals surface area contributed by atoms with Crippen LogP contribution in [-0.2, 0) is 0 Å². The number of nitrogens with one attached hydrogen (secondary N) is 2. The Kier molecular flexibility index (Phi) is 8.93. The Hall–Kier alpha value is -5.38. The van der Waals surface area contributed by atoms with Crippen LogP contribution >= 0.6 is 0 Å². The summed E-state index contributed by atoms with van der Waals surface area (Å²) >= 11 is 0. The normalized spacial score (nSPS) is 11.0. The number of hydrazone groups is 2. The van der Waals surface area contributed by atoms with Gasteiger partial charge in [-0.15, -0.1) is 0 Å². The number of carbonyl (C=O) groups is 2. The summed E-state index contributed by atoms with van der Waals surface area (Å²) in [6.07, 6.45) is 2.40. The zero-order valence-corrected chi connectivity index (χ0v) is 21.5. The van der Waals surface area contributed by atoms with Gasteiger partial charge >= 0.3 is 0 Å². The van der Waals surface area contributed by atoms with Crippen molar-refractivity contribution < 1.29 is 27.8 Å². The van der Waals surface area contributed by atoms with Crippen LogP contribution < -0.4 is 20.3 Å². The Labute approximate surface area is 229 Å². The van der Waals surface area contributed by atoms with E-state index in [2.05, 4.69) is 21.1 Å². The van der Waals surface area contributed by atoms with Gasteiger partial charge in [-0.2, -0.15) is 10.2 Å². The molecule has 8 nitrogen and oxygen atoms in total. The Bertz CT molecular complexity index is 1450. The van der Waals surface area contributed by atoms with Crippen LogP contribution in [0, 0.1) is 11.6 Å². The smallest absolute Gasteiger partial charge is 0.271 e. The molecule has 10 heteroatoms. The molecule has 0 radical (unpaired) electrons. The maximum absolute atomic E-state index is 13.9. The van der Waals surface area contributed by atoms with Gasteiger partial charge in [-0.3, -0.25) is 9.59 Å². The third kappa shape index (κ3) is 6.93. The maximum atomic E-state index is 13.9. The van der Waals surface area contributed by atoms with Crippen molar-refractivity contribution in [3.63, 3.8) is 0 Å². The van der Waals surface area contributed by atoms with Gasteiger partial charge in [0.05, 0.1) is 26.6 Å². The fourth-order valence-corrected chi connectivity index (χ4v) is 3.57. The van der Waals surface area contributed by atoms with Crippen LogP contribution in [0.4, 0.5) is 8.78 Å². The molecule has 4 rings (SSSR count). The molecular weight excluding hydrogens is 518 g/mol. The molecular formula is C30H24F2N4O4. The van der Waals surface area contributed by atoms with E-state index in [0.717, 1.165) is 11.1 Å². The number of hydrogen-bond donors (Lipinski definition) is 2. The van der Waals surface area contributed by atoms with Crippen molar-refractivity contribution in [1.82, 2.24) is 10.9 Å². The lowest BCUT2D eigenvalue weighted by atomic mass is 10.0. The zero-order valence-electron chi connectivity index (χ0n) is 21.5. The Morgan fingerprint density at radius 2 is 1.00 bits per heavy atom. The minimum absolute atomic E-state index is 0.171. The number of carbonyl (C=O) groups excluding carboxylic acids is 2. The van der Waals surface area contributed by atoms with Crippen molar-refractivity contribution >= 4 is 24.2 Å². The number of ether oxygens (including phenoxy) is 2. The summed E-state index contributed by atoms with van der Waals surface area (Å²) in [7, 11) is 2.94. The van der Waals surface area contributed by atoms with Gasteiger partial charge < -0.3 is 9.47 Å². The van der Waals surface area contributed by atoms with Crippen molar-refractivity contribution in [3.8, 4) is 22.6 Å². The first-order valence-electron chi connectivity index (χ1n) is 11.9. The Morgan fingerprint density at radius 3 is 1.35 bits per heavy atom. The second kappa shape index (κ2) is 12.9. The van der Waals surface area contributed by atoms with E-state index in [4.69, 9.17) is 9.47 Å². The van der Waals surface area contributed by atoms with Crippen LogP contribution in [0.2, 0.25) is 0 Å². The molecule has 0 atom stereocenters. The first-order valence-corrected chi connectivity index (χ1v) is 11.9. The highest BCUT2D eigenvalue weighted by atomic mass is 19.1. The summed E-state index contributed by atoms with van der Waals surface area (Å²) in [4.78, 5) is 24.8. The molecule has 4 aromatic rings. The van der Waals surface area contributed by atoms with E-state index in [-0.39, 0.29) is 11.1 Å². The monoisotopic (exact) mass is 542 g/mol. The molecule has 2 N–H and O–H groups in total. The van der Waals surface area contributed by atoms with Gasteiger partial charge in [0, 0.05) is 22.3 Å². The van der Waals surface area contributed by atoms with Crippen molar-refractivity contribution in [2.75, 3.05) is 14.2 Å². The Morgan fingerprint density at radius 1 is 0.625 bits per heavy atom. The molecule has 0 saturated heterocycles. The molecule has 40 heavy (non-hydrogen) atoms. The summed E-state index contributed by atoms with van der Waals surface area (Å²) in [6, 6.07) is 21.9. The van der Waals surface area contributed by atoms with Gasteiger partial charge in [-0.05, 0) is 71.8 Å². The van der Waals surface area contributed by atoms with Crippen molar-refractivity contribution in [2.45, 2.75) is 0 Å². The fourth-order valence-electron chi connectivity index (χ4n) is 3.57. The number of rotatable bonds is 9. The standard InChI is InChI=1S/C30H24F2N4O4/c1-39-25-11-13-27(31)23(15-25)17-33-35-29(37)21-7-3-19(4-8-21)20-5-9-22(10-6-20)30(38)36-34-18-24-16-26(40-2)12-14-28(24)32/h3-18H,1-2H3,(H,35,37)(H,36,38)/b33-17+,34-18+. The van der Waals surface area contributed by atoms with E-state index in [1.54, 1.807) is 48.5 Å². The third-order valence-corrected chi connectivity index (χ3v) is 5.77. The van der Waals surface area contributed by atoms with E-state index in [1.165, 1.54) is 63.0 Å². The number of hydrogen-bond acceptors (Lipinski definition) is 6. The predicted octanol–water partition coefficient (Wildman–Crippen LogP) is 5.18. The van der Waals surface area contributed by atoms with Gasteiger partial charge in [-0.25, -0.2) is 19.6 Å². The highest BCUT2D eigenvalue weighted by molar-refractivity contribution is 5.96. The topological polar surface area (TPSA) is 101 Å². The number of benzene rings is 4. The van der Waals surface area contributed by atoms with Crippen molar-refractivity contribution in [2.24, 2.45) is 10.2 Å². The van der Waals surface area contributed by atoms with Crippen molar-refractivity contribution in [1.29, 1.82) is 0 Å². The number of amides is 2. The molecule has 0 bridgehead atoms. The zero-order chi connectivity index (χ0) is 28.5. The molecule has 0 aliphatic carbocycles. The number of nitrogens with zero attached hydrogens (tertiary/aromatic N) is 2. The van der Waals surface area contributed by atoms with Crippen LogP contribution in [-0.4, -0.2) is 38.5 Å². The van der Waals surface area contributed by atoms with E-state index in [1.807, 2.05) is 0 Å². The molecule has 2 amide bonds. The highest BCUT2D eigenvalue weighted by Crippen LogP contribution is 2.21. The lowest BCUT2D eigenvalue weighted by Gasteiger charge is -2.06. The largest absolute Gasteiger partial charge is 0.497 e. The lowest BCUT2D eigenvalue weighted by Crippen LogP contribution is -2.17. The minimum Gasteiger partial charge on any atom is -0.497 e. The van der Waals surface area contributed by atoms with Crippen LogP contribution in [0.1, 0.15) is 31.8 Å². The second-order valence-corrected chi connectivity index (χ2v) is 8.33. The van der Waals surface area contributed by atoms with Gasteiger partial charge in [0.2, 0.25) is 0 Å². The summed E-state index contributed by atoms with van der Waals surface area (Å²) in [6.45, 7) is 0. The van der Waals surface area contributed by atoms with Gasteiger partial charge in [-0.1, -0.05) is 24.3 Å². The quantitative estimate of drug-likeness (QED) is 0.225. The molecule has 0 saturated carbocycles. The molecule has 0 heterocycles. The molecule has 202 valence electrons. The van der Waals surface area contributed by atoms with E-state index in [9.17, 15) is 18.4 Å². The molecule has 0 aliphatic heterocycles. The van der Waals surface area contributed by atoms with Crippen LogP contribution in [0.15, 0.2) is 95.1 Å². The SMILES string of the molecule is COc1ccc(F)c(/C=N/NC(=O)c2ccc(-c3ccc(C(=O)N/N=C/c4cc(OC)ccc4F)cc3)cc2)c1. The third-order valence-electron chi connectivity index (χ3n) is 5.77. The molecule has 0 unspecified atom stereocenters. The summed E-state index contributed by atoms with van der Waals surface area (Å²) in [5, 5.41) is 7.64. The van der Waals surface area contributed by atoms with E-state index < -0.39 is 23.4 Å². The van der Waals surface area contributed by atoms with Crippen LogP contribution in [0.25, 0.3) is 11.1 Å². The van der Waals surface area contributed by atoms with E-state index in [0.29, 0.717) is 22.6 Å². The molecule has 4 aromatic carbocycles. The lowest BCUT2D eigenvalue weighted by molar-refractivity contribution is 0.0947. The average molecular weight is 543 g/mol. The first kappa shape index (κ1) is 27.6. The summed E-state index contributed by atoms with van der Waals surface area (Å²) < 4.78 is 37.9. The minimum atomic E-state index is -0.497. The first-order chi connectivity index (χ1) is 19.4. The van der Waals surface area contributed by atoms with E-state index >= 15 is 0 Å². The van der Waals surface area contributed by atoms with Gasteiger partial charge in [0.1, 0.15) is 23.1 Å². The van der Waals surface area contributed by atoms with Gasteiger partial charge in [0.15, 0.2) is 0 Å². The predicted molar refractivity (Wildman–Crippen MR) is 148 cm³/mol. The molecule has 0 aliphatic rings. The molecule has 0 fully saturated rings.